The third kappa shape index (κ3) is 5.19. The molecule has 8 nitrogen and oxygen atoms in total. The van der Waals surface area contributed by atoms with Gasteiger partial charge < -0.3 is 15.2 Å². The van der Waals surface area contributed by atoms with Gasteiger partial charge in [-0.15, -0.1) is 0 Å². The number of ether oxygens (including phenoxy) is 1. The summed E-state index contributed by atoms with van der Waals surface area (Å²) in [6.45, 7) is 1.92. The highest BCUT2D eigenvalue weighted by Gasteiger charge is 2.21. The zero-order valence-corrected chi connectivity index (χ0v) is 21.6. The lowest BCUT2D eigenvalue weighted by atomic mass is 9.99. The van der Waals surface area contributed by atoms with E-state index in [2.05, 4.69) is 10.4 Å². The van der Waals surface area contributed by atoms with Gasteiger partial charge in [-0.3, -0.25) is 18.8 Å². The standard InChI is InChI=1S/C30H24F2N4O4/c1-3-40-27-12-13-36(22-8-5-20(31)6-9-22)30(39)28(27)29(38)34-21-7-10-23(25(32)15-21)18-4-11-26(37)24(14-18)19-16-33-35(2)17-19/h4-17,37H,3H2,1-2H3,(H,34,38). The molecule has 0 aliphatic rings. The van der Waals surface area contributed by atoms with Crippen molar-refractivity contribution in [2.45, 2.75) is 6.92 Å². The van der Waals surface area contributed by atoms with Crippen molar-refractivity contribution in [1.29, 1.82) is 0 Å². The number of pyridine rings is 1. The van der Waals surface area contributed by atoms with E-state index in [1.54, 1.807) is 43.2 Å². The fraction of sp³-hybridized carbons (Fsp3) is 0.100. The Bertz CT molecular complexity index is 1780. The summed E-state index contributed by atoms with van der Waals surface area (Å²) < 4.78 is 37.0. The maximum absolute atomic E-state index is 15.3. The molecule has 10 heteroatoms. The highest BCUT2D eigenvalue weighted by Crippen LogP contribution is 2.35. The van der Waals surface area contributed by atoms with Gasteiger partial charge in [-0.05, 0) is 73.2 Å². The smallest absolute Gasteiger partial charge is 0.271 e. The lowest BCUT2D eigenvalue weighted by Crippen LogP contribution is -2.29. The number of nitrogens with zero attached hydrogens (tertiary/aromatic N) is 3. The van der Waals surface area contributed by atoms with Crippen LogP contribution < -0.4 is 15.6 Å². The number of hydrogen-bond donors (Lipinski definition) is 2. The highest BCUT2D eigenvalue weighted by atomic mass is 19.1. The van der Waals surface area contributed by atoms with Crippen LogP contribution in [0, 0.1) is 11.6 Å². The average Bonchev–Trinajstić information content (AvgIpc) is 3.36. The van der Waals surface area contributed by atoms with Crippen molar-refractivity contribution in [3.05, 3.63) is 113 Å². The van der Waals surface area contributed by atoms with E-state index < -0.39 is 23.1 Å². The minimum absolute atomic E-state index is 0.0281. The number of phenolic OH excluding ortho intramolecular Hbond substituents is 1. The molecule has 5 aromatic rings. The van der Waals surface area contributed by atoms with Crippen LogP contribution in [0.4, 0.5) is 14.5 Å². The van der Waals surface area contributed by atoms with Gasteiger partial charge in [0.1, 0.15) is 28.7 Å². The number of nitrogens with one attached hydrogen (secondary N) is 1. The molecule has 2 heterocycles. The second-order valence-corrected chi connectivity index (χ2v) is 8.92. The molecule has 0 saturated heterocycles. The van der Waals surface area contributed by atoms with Gasteiger partial charge in [-0.25, -0.2) is 8.78 Å². The van der Waals surface area contributed by atoms with Gasteiger partial charge in [0.2, 0.25) is 0 Å². The second-order valence-electron chi connectivity index (χ2n) is 8.92. The Hall–Kier alpha value is -5.25. The first kappa shape index (κ1) is 26.4. The van der Waals surface area contributed by atoms with Crippen LogP contribution >= 0.6 is 0 Å². The SMILES string of the molecule is CCOc1ccn(-c2ccc(F)cc2)c(=O)c1C(=O)Nc1ccc(-c2ccc(O)c(-c3cnn(C)c3)c2)c(F)c1. The van der Waals surface area contributed by atoms with Gasteiger partial charge in [0.25, 0.3) is 11.5 Å². The number of rotatable bonds is 7. The monoisotopic (exact) mass is 542 g/mol. The van der Waals surface area contributed by atoms with Crippen molar-refractivity contribution in [2.75, 3.05) is 11.9 Å². The van der Waals surface area contributed by atoms with E-state index in [-0.39, 0.29) is 34.9 Å². The van der Waals surface area contributed by atoms with Crippen molar-refractivity contribution in [3.63, 3.8) is 0 Å². The first-order valence-electron chi connectivity index (χ1n) is 12.3. The number of anilines is 1. The van der Waals surface area contributed by atoms with E-state index in [0.29, 0.717) is 22.4 Å². The Kier molecular flexibility index (Phi) is 7.15. The van der Waals surface area contributed by atoms with E-state index in [1.807, 2.05) is 0 Å². The molecule has 0 aliphatic carbocycles. The topological polar surface area (TPSA) is 98.4 Å². The summed E-state index contributed by atoms with van der Waals surface area (Å²) in [7, 11) is 1.75. The fourth-order valence-corrected chi connectivity index (χ4v) is 4.32. The summed E-state index contributed by atoms with van der Waals surface area (Å²) in [4.78, 5) is 26.5. The van der Waals surface area contributed by atoms with Crippen molar-refractivity contribution in [3.8, 4) is 39.4 Å². The maximum atomic E-state index is 15.3. The van der Waals surface area contributed by atoms with Gasteiger partial charge in [0.15, 0.2) is 0 Å². The molecule has 0 atom stereocenters. The third-order valence-electron chi connectivity index (χ3n) is 6.24. The molecule has 2 aromatic heterocycles. The van der Waals surface area contributed by atoms with Gasteiger partial charge in [-0.2, -0.15) is 5.10 Å². The number of phenols is 1. The van der Waals surface area contributed by atoms with Gasteiger partial charge >= 0.3 is 0 Å². The second kappa shape index (κ2) is 10.9. The molecule has 3 aromatic carbocycles. The zero-order chi connectivity index (χ0) is 28.4. The van der Waals surface area contributed by atoms with Crippen molar-refractivity contribution in [2.24, 2.45) is 7.05 Å². The first-order chi connectivity index (χ1) is 19.2. The molecule has 202 valence electrons. The van der Waals surface area contributed by atoms with Gasteiger partial charge in [0, 0.05) is 47.5 Å². The molecular weight excluding hydrogens is 518 g/mol. The summed E-state index contributed by atoms with van der Waals surface area (Å²) in [5.74, 6) is -1.79. The van der Waals surface area contributed by atoms with Crippen LogP contribution in [-0.4, -0.2) is 32.0 Å². The predicted molar refractivity (Wildman–Crippen MR) is 147 cm³/mol. The average molecular weight is 543 g/mol. The van der Waals surface area contributed by atoms with Crippen molar-refractivity contribution < 1.29 is 23.4 Å². The van der Waals surface area contributed by atoms with Gasteiger partial charge in [0.05, 0.1) is 12.8 Å². The van der Waals surface area contributed by atoms with Crippen LogP contribution in [0.3, 0.4) is 0 Å². The van der Waals surface area contributed by atoms with Crippen LogP contribution in [0.25, 0.3) is 27.9 Å². The summed E-state index contributed by atoms with van der Waals surface area (Å²) in [6, 6.07) is 15.6. The lowest BCUT2D eigenvalue weighted by Gasteiger charge is -2.14. The number of halogens is 2. The summed E-state index contributed by atoms with van der Waals surface area (Å²) in [6.07, 6.45) is 4.76. The van der Waals surface area contributed by atoms with E-state index in [1.165, 1.54) is 59.3 Å². The molecular formula is C30H24F2N4O4. The Morgan fingerprint density at radius 2 is 1.77 bits per heavy atom. The van der Waals surface area contributed by atoms with E-state index >= 15 is 4.39 Å². The lowest BCUT2D eigenvalue weighted by molar-refractivity contribution is 0.102. The molecule has 0 radical (unpaired) electrons. The normalized spacial score (nSPS) is 10.9. The summed E-state index contributed by atoms with van der Waals surface area (Å²) >= 11 is 0. The Balaban J connectivity index is 1.46. The zero-order valence-electron chi connectivity index (χ0n) is 21.6. The van der Waals surface area contributed by atoms with Crippen LogP contribution in [0.15, 0.2) is 90.1 Å². The minimum atomic E-state index is -0.791. The number of amides is 1. The quantitative estimate of drug-likeness (QED) is 0.282. The number of hydrogen-bond acceptors (Lipinski definition) is 5. The number of carbonyl (C=O) groups excluding carboxylic acids is 1. The third-order valence-corrected chi connectivity index (χ3v) is 6.24. The molecule has 5 rings (SSSR count). The molecule has 0 unspecified atom stereocenters. The van der Waals surface area contributed by atoms with E-state index in [9.17, 15) is 19.1 Å². The fourth-order valence-electron chi connectivity index (χ4n) is 4.32. The van der Waals surface area contributed by atoms with Crippen LogP contribution in [0.1, 0.15) is 17.3 Å². The molecule has 0 fully saturated rings. The molecule has 0 bridgehead atoms. The number of carbonyl (C=O) groups is 1. The highest BCUT2D eigenvalue weighted by molar-refractivity contribution is 6.06. The molecule has 2 N–H and O–H groups in total. The Labute approximate surface area is 227 Å². The molecule has 0 aliphatic heterocycles. The maximum Gasteiger partial charge on any atom is 0.271 e. The first-order valence-corrected chi connectivity index (χ1v) is 12.3. The van der Waals surface area contributed by atoms with Crippen molar-refractivity contribution >= 4 is 11.6 Å². The molecule has 0 saturated carbocycles. The van der Waals surface area contributed by atoms with E-state index in [0.717, 1.165) is 6.07 Å². The molecule has 0 spiro atoms. The number of benzene rings is 3. The van der Waals surface area contributed by atoms with Crippen LogP contribution in [-0.2, 0) is 7.05 Å². The Morgan fingerprint density at radius 3 is 2.45 bits per heavy atom. The Morgan fingerprint density at radius 1 is 1.00 bits per heavy atom. The van der Waals surface area contributed by atoms with E-state index in [4.69, 9.17) is 4.74 Å². The number of aromatic nitrogens is 3. The summed E-state index contributed by atoms with van der Waals surface area (Å²) in [5.41, 5.74) is 1.44. The number of aryl methyl sites for hydroxylation is 1. The van der Waals surface area contributed by atoms with Crippen molar-refractivity contribution in [1.82, 2.24) is 14.3 Å². The molecule has 1 amide bonds. The van der Waals surface area contributed by atoms with Crippen LogP contribution in [0.2, 0.25) is 0 Å². The largest absolute Gasteiger partial charge is 0.507 e. The van der Waals surface area contributed by atoms with Crippen LogP contribution in [0.5, 0.6) is 11.5 Å². The molecule has 40 heavy (non-hydrogen) atoms. The predicted octanol–water partition coefficient (Wildman–Crippen LogP) is 5.54. The number of aromatic hydroxyl groups is 1. The van der Waals surface area contributed by atoms with Gasteiger partial charge in [-0.1, -0.05) is 6.07 Å². The summed E-state index contributed by atoms with van der Waals surface area (Å²) in [5, 5.41) is 17.0. The minimum Gasteiger partial charge on any atom is -0.507 e.